The molecule has 0 radical (unpaired) electrons. The fraction of sp³-hybridized carbons (Fsp3) is 0.429. The summed E-state index contributed by atoms with van der Waals surface area (Å²) in [6.45, 7) is 3.87. The fourth-order valence-electron chi connectivity index (χ4n) is 1.36. The van der Waals surface area contributed by atoms with E-state index in [1.165, 1.54) is 17.3 Å². The molecule has 0 aliphatic rings. The second-order valence-corrected chi connectivity index (χ2v) is 5.29. The summed E-state index contributed by atoms with van der Waals surface area (Å²) < 4.78 is 0. The summed E-state index contributed by atoms with van der Waals surface area (Å²) >= 11 is 1.49. The summed E-state index contributed by atoms with van der Waals surface area (Å²) in [5, 5.41) is 5.01. The standard InChI is InChI=1S/C14H20N2O2S/c1-3-11(2)15-14(18)16-13(17)10-19-9-12-7-5-4-6-8-12/h4-8,11H,3,9-10H2,1-2H3,(H2,15,16,17,18)/t11-/m1/s1. The monoisotopic (exact) mass is 280 g/mol. The Morgan fingerprint density at radius 3 is 2.58 bits per heavy atom. The molecule has 0 unspecified atom stereocenters. The van der Waals surface area contributed by atoms with Gasteiger partial charge in [-0.1, -0.05) is 37.3 Å². The summed E-state index contributed by atoms with van der Waals surface area (Å²) in [7, 11) is 0. The van der Waals surface area contributed by atoms with Gasteiger partial charge < -0.3 is 5.32 Å². The predicted molar refractivity (Wildman–Crippen MR) is 79.0 cm³/mol. The van der Waals surface area contributed by atoms with E-state index in [4.69, 9.17) is 0 Å². The number of carbonyl (C=O) groups is 2. The van der Waals surface area contributed by atoms with Crippen molar-refractivity contribution in [2.75, 3.05) is 5.75 Å². The third-order valence-corrected chi connectivity index (χ3v) is 3.59. The van der Waals surface area contributed by atoms with E-state index in [1.54, 1.807) is 0 Å². The molecular weight excluding hydrogens is 260 g/mol. The number of rotatable bonds is 6. The normalized spacial score (nSPS) is 11.7. The highest BCUT2D eigenvalue weighted by atomic mass is 32.2. The quantitative estimate of drug-likeness (QED) is 0.842. The van der Waals surface area contributed by atoms with Crippen LogP contribution in [0.25, 0.3) is 0 Å². The highest BCUT2D eigenvalue weighted by Gasteiger charge is 2.09. The molecule has 0 aromatic heterocycles. The van der Waals surface area contributed by atoms with Crippen LogP contribution in [0.3, 0.4) is 0 Å². The molecule has 3 amide bonds. The number of benzene rings is 1. The van der Waals surface area contributed by atoms with Crippen molar-refractivity contribution < 1.29 is 9.59 Å². The zero-order valence-corrected chi connectivity index (χ0v) is 12.1. The van der Waals surface area contributed by atoms with Crippen LogP contribution in [0, 0.1) is 0 Å². The Hall–Kier alpha value is -1.49. The second kappa shape index (κ2) is 8.58. The van der Waals surface area contributed by atoms with Crippen LogP contribution in [0.15, 0.2) is 30.3 Å². The van der Waals surface area contributed by atoms with E-state index in [9.17, 15) is 9.59 Å². The molecule has 0 saturated carbocycles. The van der Waals surface area contributed by atoms with E-state index >= 15 is 0 Å². The number of hydrogen-bond donors (Lipinski definition) is 2. The van der Waals surface area contributed by atoms with Gasteiger partial charge in [0.25, 0.3) is 0 Å². The van der Waals surface area contributed by atoms with Crippen LogP contribution in [-0.2, 0) is 10.5 Å². The van der Waals surface area contributed by atoms with Crippen molar-refractivity contribution in [1.29, 1.82) is 0 Å². The third-order valence-electron chi connectivity index (χ3n) is 2.59. The first kappa shape index (κ1) is 15.6. The molecule has 104 valence electrons. The van der Waals surface area contributed by atoms with Gasteiger partial charge in [0.2, 0.25) is 5.91 Å². The molecule has 2 N–H and O–H groups in total. The van der Waals surface area contributed by atoms with Crippen molar-refractivity contribution in [3.8, 4) is 0 Å². The largest absolute Gasteiger partial charge is 0.335 e. The van der Waals surface area contributed by atoms with E-state index in [-0.39, 0.29) is 17.7 Å². The molecule has 0 fully saturated rings. The van der Waals surface area contributed by atoms with Crippen molar-refractivity contribution >= 4 is 23.7 Å². The molecule has 19 heavy (non-hydrogen) atoms. The van der Waals surface area contributed by atoms with E-state index < -0.39 is 6.03 Å². The van der Waals surface area contributed by atoms with Gasteiger partial charge in [-0.3, -0.25) is 10.1 Å². The van der Waals surface area contributed by atoms with Crippen molar-refractivity contribution in [1.82, 2.24) is 10.6 Å². The van der Waals surface area contributed by atoms with Gasteiger partial charge in [-0.2, -0.15) is 0 Å². The molecule has 1 aromatic carbocycles. The number of carbonyl (C=O) groups excluding carboxylic acids is 2. The van der Waals surface area contributed by atoms with Crippen LogP contribution in [0.1, 0.15) is 25.8 Å². The number of imide groups is 1. The molecule has 0 bridgehead atoms. The lowest BCUT2D eigenvalue weighted by Gasteiger charge is -2.11. The molecule has 4 nitrogen and oxygen atoms in total. The van der Waals surface area contributed by atoms with Crippen molar-refractivity contribution in [3.63, 3.8) is 0 Å². The molecule has 0 aliphatic heterocycles. The first-order chi connectivity index (χ1) is 9.11. The van der Waals surface area contributed by atoms with E-state index in [0.29, 0.717) is 0 Å². The number of thioether (sulfide) groups is 1. The highest BCUT2D eigenvalue weighted by molar-refractivity contribution is 7.99. The lowest BCUT2D eigenvalue weighted by Crippen LogP contribution is -2.43. The van der Waals surface area contributed by atoms with Gasteiger partial charge in [0.05, 0.1) is 5.75 Å². The summed E-state index contributed by atoms with van der Waals surface area (Å²) in [4.78, 5) is 22.9. The molecule has 0 spiro atoms. The van der Waals surface area contributed by atoms with E-state index in [1.807, 2.05) is 44.2 Å². The van der Waals surface area contributed by atoms with Gasteiger partial charge in [-0.05, 0) is 18.9 Å². The van der Waals surface area contributed by atoms with Crippen LogP contribution in [0.2, 0.25) is 0 Å². The van der Waals surface area contributed by atoms with Crippen LogP contribution < -0.4 is 10.6 Å². The van der Waals surface area contributed by atoms with Crippen LogP contribution >= 0.6 is 11.8 Å². The first-order valence-corrected chi connectivity index (χ1v) is 7.49. The lowest BCUT2D eigenvalue weighted by atomic mass is 10.2. The molecule has 1 rings (SSSR count). The maximum atomic E-state index is 11.5. The third kappa shape index (κ3) is 6.86. The molecule has 1 aromatic rings. The van der Waals surface area contributed by atoms with Crippen LogP contribution in [0.5, 0.6) is 0 Å². The smallest absolute Gasteiger partial charge is 0.321 e. The average Bonchev–Trinajstić information content (AvgIpc) is 2.39. The van der Waals surface area contributed by atoms with E-state index in [0.717, 1.165) is 12.2 Å². The van der Waals surface area contributed by atoms with Gasteiger partial charge in [-0.15, -0.1) is 11.8 Å². The zero-order valence-electron chi connectivity index (χ0n) is 11.3. The number of urea groups is 1. The maximum absolute atomic E-state index is 11.5. The molecule has 0 heterocycles. The van der Waals surface area contributed by atoms with Crippen LogP contribution in [0.4, 0.5) is 4.79 Å². The number of amides is 3. The van der Waals surface area contributed by atoms with Gasteiger partial charge >= 0.3 is 6.03 Å². The summed E-state index contributed by atoms with van der Waals surface area (Å²) in [5.41, 5.74) is 1.17. The molecule has 5 heteroatoms. The van der Waals surface area contributed by atoms with Gasteiger partial charge in [-0.25, -0.2) is 4.79 Å². The minimum Gasteiger partial charge on any atom is -0.335 e. The second-order valence-electron chi connectivity index (χ2n) is 4.31. The number of hydrogen-bond acceptors (Lipinski definition) is 3. The minimum absolute atomic E-state index is 0.0739. The Balaban J connectivity index is 2.19. The SMILES string of the molecule is CC[C@@H](C)NC(=O)NC(=O)CSCc1ccccc1. The van der Waals surface area contributed by atoms with Gasteiger partial charge in [0.15, 0.2) is 0 Å². The molecule has 0 saturated heterocycles. The highest BCUT2D eigenvalue weighted by Crippen LogP contribution is 2.10. The Bertz CT molecular complexity index is 409. The summed E-state index contributed by atoms with van der Waals surface area (Å²) in [5.74, 6) is 0.783. The first-order valence-electron chi connectivity index (χ1n) is 6.33. The average molecular weight is 280 g/mol. The maximum Gasteiger partial charge on any atom is 0.321 e. The zero-order chi connectivity index (χ0) is 14.1. The molecular formula is C14H20N2O2S. The van der Waals surface area contributed by atoms with Crippen molar-refractivity contribution in [2.24, 2.45) is 0 Å². The Morgan fingerprint density at radius 1 is 1.26 bits per heavy atom. The Labute approximate surface area is 118 Å². The van der Waals surface area contributed by atoms with Gasteiger partial charge in [0, 0.05) is 11.8 Å². The van der Waals surface area contributed by atoms with Crippen molar-refractivity contribution in [2.45, 2.75) is 32.1 Å². The summed E-state index contributed by atoms with van der Waals surface area (Å²) in [6.07, 6.45) is 0.838. The van der Waals surface area contributed by atoms with Crippen LogP contribution in [-0.4, -0.2) is 23.7 Å². The van der Waals surface area contributed by atoms with Gasteiger partial charge in [0.1, 0.15) is 0 Å². The van der Waals surface area contributed by atoms with Crippen molar-refractivity contribution in [3.05, 3.63) is 35.9 Å². The predicted octanol–water partition coefficient (Wildman–Crippen LogP) is 2.54. The minimum atomic E-state index is -0.417. The Kier molecular flexibility index (Phi) is 7.03. The number of nitrogens with one attached hydrogen (secondary N) is 2. The molecule has 0 aliphatic carbocycles. The van der Waals surface area contributed by atoms with E-state index in [2.05, 4.69) is 10.6 Å². The Morgan fingerprint density at radius 2 is 1.95 bits per heavy atom. The topological polar surface area (TPSA) is 58.2 Å². The molecule has 1 atom stereocenters. The fourth-order valence-corrected chi connectivity index (χ4v) is 2.15. The lowest BCUT2D eigenvalue weighted by molar-refractivity contribution is -0.117. The summed E-state index contributed by atoms with van der Waals surface area (Å²) in [6, 6.07) is 9.58.